The number of nitrogens with one attached hydrogen (secondary N) is 2. The number of methoxy groups -OCH3 is 1. The highest BCUT2D eigenvalue weighted by Crippen LogP contribution is 2.20. The Morgan fingerprint density at radius 2 is 1.95 bits per heavy atom. The maximum Gasteiger partial charge on any atom is 0.339 e. The molecule has 1 atom stereocenters. The molecule has 6 nitrogen and oxygen atoms in total. The molecule has 2 N–H and O–H groups in total. The Labute approximate surface area is 124 Å². The fourth-order valence-corrected chi connectivity index (χ4v) is 2.11. The summed E-state index contributed by atoms with van der Waals surface area (Å²) in [6.45, 7) is 6.94. The number of H-pyrrole nitrogens is 1. The van der Waals surface area contributed by atoms with Crippen LogP contribution in [-0.4, -0.2) is 35.8 Å². The Morgan fingerprint density at radius 3 is 2.43 bits per heavy atom. The van der Waals surface area contributed by atoms with Crippen molar-refractivity contribution in [3.05, 3.63) is 22.5 Å². The van der Waals surface area contributed by atoms with Gasteiger partial charge in [-0.1, -0.05) is 6.92 Å². The lowest BCUT2D eigenvalue weighted by Crippen LogP contribution is -2.33. The first-order valence-electron chi connectivity index (χ1n) is 6.91. The van der Waals surface area contributed by atoms with E-state index in [9.17, 15) is 14.4 Å². The van der Waals surface area contributed by atoms with Gasteiger partial charge < -0.3 is 15.0 Å². The fraction of sp³-hybridized carbons (Fsp3) is 0.533. The predicted octanol–water partition coefficient (Wildman–Crippen LogP) is 1.77. The zero-order chi connectivity index (χ0) is 16.2. The van der Waals surface area contributed by atoms with Crippen LogP contribution in [-0.2, 0) is 16.0 Å². The van der Waals surface area contributed by atoms with Crippen molar-refractivity contribution in [2.24, 2.45) is 0 Å². The topological polar surface area (TPSA) is 88.3 Å². The molecule has 0 bridgehead atoms. The molecular weight excluding hydrogens is 272 g/mol. The van der Waals surface area contributed by atoms with Crippen molar-refractivity contribution in [2.45, 2.75) is 46.6 Å². The Hall–Kier alpha value is -2.11. The standard InChI is InChI=1S/C15H22N2O4/c1-6-8(2)16-12(19)7-11-13(15(20)21-5)9(3)14(17-11)10(4)18/h8,17H,6-7H2,1-5H3,(H,16,19). The molecule has 0 saturated carbocycles. The summed E-state index contributed by atoms with van der Waals surface area (Å²) >= 11 is 0. The molecule has 6 heteroatoms. The molecule has 0 saturated heterocycles. The van der Waals surface area contributed by atoms with Crippen molar-refractivity contribution >= 4 is 17.7 Å². The van der Waals surface area contributed by atoms with E-state index in [1.165, 1.54) is 14.0 Å². The Morgan fingerprint density at radius 1 is 1.33 bits per heavy atom. The van der Waals surface area contributed by atoms with Gasteiger partial charge in [0.1, 0.15) is 0 Å². The molecular formula is C15H22N2O4. The lowest BCUT2D eigenvalue weighted by molar-refractivity contribution is -0.121. The molecule has 0 fully saturated rings. The van der Waals surface area contributed by atoms with E-state index in [1.54, 1.807) is 6.92 Å². The predicted molar refractivity (Wildman–Crippen MR) is 78.5 cm³/mol. The second kappa shape index (κ2) is 7.06. The average Bonchev–Trinajstić information content (AvgIpc) is 2.74. The van der Waals surface area contributed by atoms with E-state index in [4.69, 9.17) is 4.74 Å². The number of aromatic nitrogens is 1. The number of hydrogen-bond donors (Lipinski definition) is 2. The number of hydrogen-bond acceptors (Lipinski definition) is 4. The van der Waals surface area contributed by atoms with Crippen LogP contribution in [0.5, 0.6) is 0 Å². The van der Waals surface area contributed by atoms with Crippen molar-refractivity contribution in [1.82, 2.24) is 10.3 Å². The minimum Gasteiger partial charge on any atom is -0.465 e. The smallest absolute Gasteiger partial charge is 0.339 e. The molecule has 1 aromatic heterocycles. The lowest BCUT2D eigenvalue weighted by Gasteiger charge is -2.11. The van der Waals surface area contributed by atoms with E-state index in [-0.39, 0.29) is 29.7 Å². The highest BCUT2D eigenvalue weighted by atomic mass is 16.5. The monoisotopic (exact) mass is 294 g/mol. The Bertz CT molecular complexity index is 560. The highest BCUT2D eigenvalue weighted by Gasteiger charge is 2.24. The number of carbonyl (C=O) groups is 3. The Balaban J connectivity index is 3.10. The van der Waals surface area contributed by atoms with Gasteiger partial charge in [0.25, 0.3) is 0 Å². The summed E-state index contributed by atoms with van der Waals surface area (Å²) in [5, 5.41) is 2.82. The fourth-order valence-electron chi connectivity index (χ4n) is 2.11. The van der Waals surface area contributed by atoms with Crippen LogP contribution in [0.15, 0.2) is 0 Å². The van der Waals surface area contributed by atoms with Gasteiger partial charge in [-0.25, -0.2) is 4.79 Å². The molecule has 0 aromatic carbocycles. The number of Topliss-reactive ketones (excluding diaryl/α,β-unsaturated/α-hetero) is 1. The molecule has 0 aliphatic heterocycles. The molecule has 21 heavy (non-hydrogen) atoms. The van der Waals surface area contributed by atoms with Gasteiger partial charge in [0.05, 0.1) is 24.8 Å². The van der Waals surface area contributed by atoms with Crippen LogP contribution in [0.3, 0.4) is 0 Å². The molecule has 1 aromatic rings. The number of carbonyl (C=O) groups excluding carboxylic acids is 3. The van der Waals surface area contributed by atoms with Gasteiger partial charge in [-0.2, -0.15) is 0 Å². The SMILES string of the molecule is CCC(C)NC(=O)Cc1[nH]c(C(C)=O)c(C)c1C(=O)OC. The number of amides is 1. The highest BCUT2D eigenvalue weighted by molar-refractivity contribution is 6.01. The van der Waals surface area contributed by atoms with Crippen LogP contribution in [0, 0.1) is 6.92 Å². The third-order valence-electron chi connectivity index (χ3n) is 3.43. The second-order valence-electron chi connectivity index (χ2n) is 5.08. The quantitative estimate of drug-likeness (QED) is 0.618. The summed E-state index contributed by atoms with van der Waals surface area (Å²) in [5.41, 5.74) is 1.52. The first-order valence-corrected chi connectivity index (χ1v) is 6.91. The summed E-state index contributed by atoms with van der Waals surface area (Å²) in [7, 11) is 1.27. The second-order valence-corrected chi connectivity index (χ2v) is 5.08. The summed E-state index contributed by atoms with van der Waals surface area (Å²) in [4.78, 5) is 38.3. The van der Waals surface area contributed by atoms with Gasteiger partial charge in [-0.15, -0.1) is 0 Å². The third kappa shape index (κ3) is 3.93. The number of rotatable bonds is 6. The zero-order valence-electron chi connectivity index (χ0n) is 13.1. The summed E-state index contributed by atoms with van der Waals surface area (Å²) in [5.74, 6) is -0.945. The van der Waals surface area contributed by atoms with Crippen LogP contribution < -0.4 is 5.32 Å². The van der Waals surface area contributed by atoms with Crippen molar-refractivity contribution in [1.29, 1.82) is 0 Å². The Kier molecular flexibility index (Phi) is 5.69. The zero-order valence-corrected chi connectivity index (χ0v) is 13.1. The van der Waals surface area contributed by atoms with Crippen molar-refractivity contribution in [2.75, 3.05) is 7.11 Å². The first-order chi connectivity index (χ1) is 9.81. The van der Waals surface area contributed by atoms with Gasteiger partial charge >= 0.3 is 5.97 Å². The van der Waals surface area contributed by atoms with E-state index in [1.807, 2.05) is 13.8 Å². The first kappa shape index (κ1) is 16.9. The minimum atomic E-state index is -0.553. The third-order valence-corrected chi connectivity index (χ3v) is 3.43. The lowest BCUT2D eigenvalue weighted by atomic mass is 10.1. The minimum absolute atomic E-state index is 0.00287. The van der Waals surface area contributed by atoms with Gasteiger partial charge in [0.15, 0.2) is 5.78 Å². The average molecular weight is 294 g/mol. The van der Waals surface area contributed by atoms with Crippen LogP contribution in [0.2, 0.25) is 0 Å². The van der Waals surface area contributed by atoms with Crippen LogP contribution in [0.4, 0.5) is 0 Å². The van der Waals surface area contributed by atoms with E-state index >= 15 is 0 Å². The summed E-state index contributed by atoms with van der Waals surface area (Å²) in [6.07, 6.45) is 0.820. The largest absolute Gasteiger partial charge is 0.465 e. The molecule has 1 unspecified atom stereocenters. The van der Waals surface area contributed by atoms with E-state index in [0.717, 1.165) is 6.42 Å². The summed E-state index contributed by atoms with van der Waals surface area (Å²) in [6, 6.07) is 0.0578. The van der Waals surface area contributed by atoms with E-state index < -0.39 is 5.97 Å². The van der Waals surface area contributed by atoms with Crippen LogP contribution in [0.1, 0.15) is 59.3 Å². The van der Waals surface area contributed by atoms with E-state index in [0.29, 0.717) is 17.0 Å². The number of esters is 1. The van der Waals surface area contributed by atoms with Gasteiger partial charge in [0, 0.05) is 18.7 Å². The molecule has 0 radical (unpaired) electrons. The molecule has 1 amide bonds. The molecule has 1 heterocycles. The van der Waals surface area contributed by atoms with Crippen molar-refractivity contribution in [3.63, 3.8) is 0 Å². The van der Waals surface area contributed by atoms with E-state index in [2.05, 4.69) is 10.3 Å². The number of ketones is 1. The van der Waals surface area contributed by atoms with Gasteiger partial charge in [-0.3, -0.25) is 9.59 Å². The van der Waals surface area contributed by atoms with Crippen molar-refractivity contribution in [3.8, 4) is 0 Å². The summed E-state index contributed by atoms with van der Waals surface area (Å²) < 4.78 is 4.73. The maximum absolute atomic E-state index is 12.0. The molecule has 116 valence electrons. The van der Waals surface area contributed by atoms with Crippen LogP contribution in [0.25, 0.3) is 0 Å². The maximum atomic E-state index is 12.0. The molecule has 1 rings (SSSR count). The van der Waals surface area contributed by atoms with Crippen LogP contribution >= 0.6 is 0 Å². The van der Waals surface area contributed by atoms with Gasteiger partial charge in [0.2, 0.25) is 5.91 Å². The molecule has 0 spiro atoms. The van der Waals surface area contributed by atoms with Gasteiger partial charge in [-0.05, 0) is 25.8 Å². The van der Waals surface area contributed by atoms with Crippen molar-refractivity contribution < 1.29 is 19.1 Å². The number of ether oxygens (including phenoxy) is 1. The molecule has 0 aliphatic rings. The number of aromatic amines is 1. The molecule has 0 aliphatic carbocycles. The normalized spacial score (nSPS) is 11.9.